The lowest BCUT2D eigenvalue weighted by Crippen LogP contribution is -2.12. The Morgan fingerprint density at radius 2 is 2.25 bits per heavy atom. The molecule has 0 radical (unpaired) electrons. The van der Waals surface area contributed by atoms with Crippen molar-refractivity contribution in [2.75, 3.05) is 5.32 Å². The third-order valence-electron chi connectivity index (χ3n) is 3.73. The predicted molar refractivity (Wildman–Crippen MR) is 97.9 cm³/mol. The Bertz CT molecular complexity index is 1080. The van der Waals surface area contributed by atoms with E-state index < -0.39 is 0 Å². The maximum Gasteiger partial charge on any atom is 0.239 e. The third kappa shape index (κ3) is 4.43. The smallest absolute Gasteiger partial charge is 0.239 e. The molecule has 0 fully saturated rings. The van der Waals surface area contributed by atoms with E-state index in [-0.39, 0.29) is 30.4 Å². The van der Waals surface area contributed by atoms with Crippen LogP contribution >= 0.6 is 11.3 Å². The molecule has 4 rings (SSSR count). The topological polar surface area (TPSA) is 122 Å². The lowest BCUT2D eigenvalue weighted by atomic mass is 10.1. The van der Waals surface area contributed by atoms with Crippen molar-refractivity contribution in [2.24, 2.45) is 0 Å². The fraction of sp³-hybridized carbons (Fsp3) is 0.176. The highest BCUT2D eigenvalue weighted by Crippen LogP contribution is 2.22. The molecular formula is C17H14FN7O2S. The molecule has 9 nitrogen and oxygen atoms in total. The number of anilines is 1. The van der Waals surface area contributed by atoms with Crippen LogP contribution in [0.5, 0.6) is 0 Å². The van der Waals surface area contributed by atoms with E-state index >= 15 is 0 Å². The number of amides is 1. The van der Waals surface area contributed by atoms with E-state index in [4.69, 9.17) is 4.52 Å². The summed E-state index contributed by atoms with van der Waals surface area (Å²) in [6.07, 6.45) is 4.02. The first-order valence-electron chi connectivity index (χ1n) is 8.33. The van der Waals surface area contributed by atoms with Crippen LogP contribution in [-0.2, 0) is 17.6 Å². The number of benzene rings is 1. The number of aromatic amines is 1. The van der Waals surface area contributed by atoms with Crippen molar-refractivity contribution in [1.82, 2.24) is 30.3 Å². The molecule has 4 aromatic rings. The Balaban J connectivity index is 1.29. The van der Waals surface area contributed by atoms with Crippen LogP contribution in [0.3, 0.4) is 0 Å². The van der Waals surface area contributed by atoms with Gasteiger partial charge in [0.05, 0.1) is 0 Å². The molecular weight excluding hydrogens is 385 g/mol. The van der Waals surface area contributed by atoms with E-state index in [0.717, 1.165) is 10.4 Å². The highest BCUT2D eigenvalue weighted by Gasteiger charge is 2.13. The predicted octanol–water partition coefficient (Wildman–Crippen LogP) is 2.61. The average molecular weight is 399 g/mol. The second kappa shape index (κ2) is 8.05. The van der Waals surface area contributed by atoms with Gasteiger partial charge in [0, 0.05) is 30.3 Å². The molecule has 0 bridgehead atoms. The number of nitrogens with one attached hydrogen (secondary N) is 2. The van der Waals surface area contributed by atoms with Crippen LogP contribution in [0.1, 0.15) is 22.8 Å². The minimum atomic E-state index is -0.275. The van der Waals surface area contributed by atoms with Crippen molar-refractivity contribution in [3.05, 3.63) is 58.9 Å². The molecule has 0 atom stereocenters. The summed E-state index contributed by atoms with van der Waals surface area (Å²) < 4.78 is 18.4. The average Bonchev–Trinajstić information content (AvgIpc) is 3.42. The molecule has 0 spiro atoms. The lowest BCUT2D eigenvalue weighted by Gasteiger charge is -1.99. The summed E-state index contributed by atoms with van der Waals surface area (Å²) in [6, 6.07) is 6.40. The van der Waals surface area contributed by atoms with E-state index in [2.05, 4.69) is 35.6 Å². The van der Waals surface area contributed by atoms with Crippen molar-refractivity contribution in [1.29, 1.82) is 0 Å². The number of carbonyl (C=O) groups excluding carboxylic acids is 1. The standard InChI is InChI=1S/C17H14FN7O2S/c18-11-3-1-2-10(6-11)7-12-8-19-17(28-12)22-13(26)4-5-14-23-16(25-27-14)15-20-9-21-24-15/h1-3,6,8-9H,4-5,7H2,(H,19,22,26)(H,20,21,24). The highest BCUT2D eigenvalue weighted by molar-refractivity contribution is 7.15. The van der Waals surface area contributed by atoms with Crippen LogP contribution in [0.15, 0.2) is 41.3 Å². The van der Waals surface area contributed by atoms with Gasteiger partial charge >= 0.3 is 0 Å². The fourth-order valence-electron chi connectivity index (χ4n) is 2.46. The third-order valence-corrected chi connectivity index (χ3v) is 4.64. The number of hydrogen-bond acceptors (Lipinski definition) is 8. The summed E-state index contributed by atoms with van der Waals surface area (Å²) in [4.78, 5) is 25.3. The maximum atomic E-state index is 13.3. The summed E-state index contributed by atoms with van der Waals surface area (Å²) in [7, 11) is 0. The van der Waals surface area contributed by atoms with Gasteiger partial charge in [-0.2, -0.15) is 10.1 Å². The first kappa shape index (κ1) is 17.9. The molecule has 2 N–H and O–H groups in total. The van der Waals surface area contributed by atoms with Gasteiger partial charge in [-0.3, -0.25) is 9.89 Å². The van der Waals surface area contributed by atoms with E-state index in [1.165, 1.54) is 29.8 Å². The number of carbonyl (C=O) groups is 1. The SMILES string of the molecule is O=C(CCc1nc(-c2ncn[nH]2)no1)Nc1ncc(Cc2cccc(F)c2)s1. The molecule has 142 valence electrons. The van der Waals surface area contributed by atoms with Gasteiger partial charge < -0.3 is 9.84 Å². The zero-order valence-corrected chi connectivity index (χ0v) is 15.2. The molecule has 0 aliphatic carbocycles. The number of aryl methyl sites for hydroxylation is 1. The number of halogens is 1. The van der Waals surface area contributed by atoms with Crippen LogP contribution < -0.4 is 5.32 Å². The van der Waals surface area contributed by atoms with Crippen molar-refractivity contribution >= 4 is 22.4 Å². The molecule has 0 saturated carbocycles. The van der Waals surface area contributed by atoms with E-state index in [9.17, 15) is 9.18 Å². The number of rotatable bonds is 7. The molecule has 0 aliphatic heterocycles. The number of H-pyrrole nitrogens is 1. The van der Waals surface area contributed by atoms with Crippen molar-refractivity contribution in [3.8, 4) is 11.6 Å². The number of aromatic nitrogens is 6. The normalized spacial score (nSPS) is 10.9. The number of thiazole rings is 1. The molecule has 0 saturated heterocycles. The van der Waals surface area contributed by atoms with Gasteiger partial charge in [0.2, 0.25) is 17.6 Å². The van der Waals surface area contributed by atoms with Gasteiger partial charge in [0.15, 0.2) is 11.0 Å². The summed E-state index contributed by atoms with van der Waals surface area (Å²) in [5.41, 5.74) is 0.848. The van der Waals surface area contributed by atoms with Gasteiger partial charge in [-0.15, -0.1) is 11.3 Å². The summed E-state index contributed by atoms with van der Waals surface area (Å²) in [5, 5.41) is 13.4. The Hall–Kier alpha value is -3.47. The van der Waals surface area contributed by atoms with Crippen molar-refractivity contribution < 1.29 is 13.7 Å². The molecule has 3 heterocycles. The van der Waals surface area contributed by atoms with Crippen molar-refractivity contribution in [3.63, 3.8) is 0 Å². The zero-order valence-electron chi connectivity index (χ0n) is 14.4. The van der Waals surface area contributed by atoms with Crippen molar-refractivity contribution in [2.45, 2.75) is 19.3 Å². The molecule has 1 aromatic carbocycles. The molecule has 28 heavy (non-hydrogen) atoms. The summed E-state index contributed by atoms with van der Waals surface area (Å²) >= 11 is 1.35. The van der Waals surface area contributed by atoms with E-state index in [0.29, 0.717) is 23.3 Å². The minimum Gasteiger partial charge on any atom is -0.339 e. The number of nitrogens with zero attached hydrogens (tertiary/aromatic N) is 5. The maximum absolute atomic E-state index is 13.3. The molecule has 0 unspecified atom stereocenters. The van der Waals surface area contributed by atoms with Gasteiger partial charge in [0.1, 0.15) is 12.1 Å². The molecule has 11 heteroatoms. The van der Waals surface area contributed by atoms with Crippen LogP contribution in [0.2, 0.25) is 0 Å². The Kier molecular flexibility index (Phi) is 5.15. The monoisotopic (exact) mass is 399 g/mol. The Morgan fingerprint density at radius 3 is 3.07 bits per heavy atom. The number of hydrogen-bond donors (Lipinski definition) is 2. The van der Waals surface area contributed by atoms with Gasteiger partial charge in [0.25, 0.3) is 0 Å². The van der Waals surface area contributed by atoms with Crippen LogP contribution in [0.4, 0.5) is 9.52 Å². The van der Waals surface area contributed by atoms with E-state index in [1.807, 2.05) is 6.07 Å². The van der Waals surface area contributed by atoms with Crippen LogP contribution in [-0.4, -0.2) is 36.2 Å². The zero-order chi connectivity index (χ0) is 19.3. The highest BCUT2D eigenvalue weighted by atomic mass is 32.1. The second-order valence-corrected chi connectivity index (χ2v) is 6.95. The van der Waals surface area contributed by atoms with E-state index in [1.54, 1.807) is 12.3 Å². The second-order valence-electron chi connectivity index (χ2n) is 5.83. The van der Waals surface area contributed by atoms with Crippen LogP contribution in [0.25, 0.3) is 11.6 Å². The summed E-state index contributed by atoms with van der Waals surface area (Å²) in [6.45, 7) is 0. The Labute approximate surface area is 162 Å². The lowest BCUT2D eigenvalue weighted by molar-refractivity contribution is -0.116. The van der Waals surface area contributed by atoms with Gasteiger partial charge in [-0.25, -0.2) is 14.4 Å². The molecule has 1 amide bonds. The van der Waals surface area contributed by atoms with Gasteiger partial charge in [-0.1, -0.05) is 17.3 Å². The van der Waals surface area contributed by atoms with Crippen LogP contribution in [0, 0.1) is 5.82 Å². The Morgan fingerprint density at radius 1 is 1.32 bits per heavy atom. The largest absolute Gasteiger partial charge is 0.339 e. The first-order chi connectivity index (χ1) is 13.7. The summed E-state index contributed by atoms with van der Waals surface area (Å²) in [5.74, 6) is 0.518. The molecule has 0 aliphatic rings. The minimum absolute atomic E-state index is 0.164. The van der Waals surface area contributed by atoms with Gasteiger partial charge in [-0.05, 0) is 17.7 Å². The molecule has 3 aromatic heterocycles. The quantitative estimate of drug-likeness (QED) is 0.490. The first-order valence-corrected chi connectivity index (χ1v) is 9.15. The fourth-order valence-corrected chi connectivity index (χ4v) is 3.33.